The van der Waals surface area contributed by atoms with Crippen LogP contribution in [0.5, 0.6) is 11.5 Å². The van der Waals surface area contributed by atoms with Crippen molar-refractivity contribution in [3.63, 3.8) is 0 Å². The number of hydrogen-bond donors (Lipinski definition) is 4. The van der Waals surface area contributed by atoms with E-state index < -0.39 is 5.41 Å². The summed E-state index contributed by atoms with van der Waals surface area (Å²) in [7, 11) is 0. The Balaban J connectivity index is 1.80. The van der Waals surface area contributed by atoms with E-state index in [0.29, 0.717) is 11.4 Å². The molecular weight excluding hydrogens is 432 g/mol. The van der Waals surface area contributed by atoms with E-state index in [4.69, 9.17) is 11.5 Å². The second-order valence-corrected chi connectivity index (χ2v) is 9.53. The standard InChI is InChI=1S/C31H32N2O2/c1-2-3-4-5-8-20-11-14-24-23-9-6-7-10-25(23)31(26(24)17-20,21-12-15-29(34)27(32)18-21)22-13-16-30(35)28(33)19-22/h6-7,9-19,34-35H,2-5,8,32-33H2,1H3. The lowest BCUT2D eigenvalue weighted by Crippen LogP contribution is -2.29. The zero-order valence-electron chi connectivity index (χ0n) is 20.1. The van der Waals surface area contributed by atoms with E-state index >= 15 is 0 Å². The summed E-state index contributed by atoms with van der Waals surface area (Å²) in [4.78, 5) is 0. The van der Waals surface area contributed by atoms with E-state index in [0.717, 1.165) is 29.5 Å². The Bertz CT molecular complexity index is 1340. The average molecular weight is 465 g/mol. The summed E-state index contributed by atoms with van der Waals surface area (Å²) in [6, 6.07) is 26.1. The number of anilines is 2. The number of nitrogen functional groups attached to an aromatic ring is 2. The van der Waals surface area contributed by atoms with Gasteiger partial charge in [0, 0.05) is 0 Å². The quantitative estimate of drug-likeness (QED) is 0.122. The molecule has 0 unspecified atom stereocenters. The number of fused-ring (bicyclic) bond motifs is 3. The van der Waals surface area contributed by atoms with Crippen molar-refractivity contribution in [2.45, 2.75) is 44.4 Å². The van der Waals surface area contributed by atoms with E-state index in [1.807, 2.05) is 24.3 Å². The summed E-state index contributed by atoms with van der Waals surface area (Å²) in [5, 5.41) is 20.4. The van der Waals surface area contributed by atoms with Crippen molar-refractivity contribution in [1.82, 2.24) is 0 Å². The zero-order valence-corrected chi connectivity index (χ0v) is 20.1. The zero-order chi connectivity index (χ0) is 24.6. The van der Waals surface area contributed by atoms with E-state index in [1.165, 1.54) is 41.5 Å². The summed E-state index contributed by atoms with van der Waals surface area (Å²) in [6.45, 7) is 2.23. The highest BCUT2D eigenvalue weighted by Crippen LogP contribution is 2.57. The van der Waals surface area contributed by atoms with Gasteiger partial charge in [-0.3, -0.25) is 0 Å². The minimum atomic E-state index is -0.686. The highest BCUT2D eigenvalue weighted by molar-refractivity contribution is 5.87. The molecule has 178 valence electrons. The van der Waals surface area contributed by atoms with Crippen LogP contribution in [0.25, 0.3) is 11.1 Å². The molecule has 35 heavy (non-hydrogen) atoms. The molecule has 4 nitrogen and oxygen atoms in total. The monoisotopic (exact) mass is 464 g/mol. The fourth-order valence-corrected chi connectivity index (χ4v) is 5.60. The summed E-state index contributed by atoms with van der Waals surface area (Å²) < 4.78 is 0. The highest BCUT2D eigenvalue weighted by atomic mass is 16.3. The Kier molecular flexibility index (Phi) is 5.89. The number of phenols is 2. The van der Waals surface area contributed by atoms with Gasteiger partial charge in [-0.2, -0.15) is 0 Å². The van der Waals surface area contributed by atoms with Crippen molar-refractivity contribution in [2.24, 2.45) is 0 Å². The third kappa shape index (κ3) is 3.70. The van der Waals surface area contributed by atoms with Crippen LogP contribution in [0.1, 0.15) is 60.4 Å². The first-order valence-corrected chi connectivity index (χ1v) is 12.4. The Morgan fingerprint density at radius 3 is 1.91 bits per heavy atom. The number of unbranched alkanes of at least 4 members (excludes halogenated alkanes) is 3. The van der Waals surface area contributed by atoms with Crippen molar-refractivity contribution >= 4 is 11.4 Å². The van der Waals surface area contributed by atoms with Crippen LogP contribution < -0.4 is 11.5 Å². The lowest BCUT2D eigenvalue weighted by molar-refractivity contribution is 0.477. The smallest absolute Gasteiger partial charge is 0.138 e. The number of phenolic OH excluding ortho intramolecular Hbond substituents is 2. The summed E-state index contributed by atoms with van der Waals surface area (Å²) in [6.07, 6.45) is 5.87. The fraction of sp³-hybridized carbons (Fsp3) is 0.226. The van der Waals surface area contributed by atoms with E-state index in [2.05, 4.69) is 49.4 Å². The predicted octanol–water partition coefficient (Wildman–Crippen LogP) is 6.75. The number of aryl methyl sites for hydroxylation is 1. The number of rotatable bonds is 7. The van der Waals surface area contributed by atoms with Crippen molar-refractivity contribution < 1.29 is 10.2 Å². The second kappa shape index (κ2) is 9.03. The summed E-state index contributed by atoms with van der Waals surface area (Å²) >= 11 is 0. The number of benzene rings is 4. The Hall–Kier alpha value is -3.92. The molecule has 1 aliphatic rings. The average Bonchev–Trinajstić information content (AvgIpc) is 3.16. The van der Waals surface area contributed by atoms with Crippen molar-refractivity contribution in [3.8, 4) is 22.6 Å². The molecule has 0 bridgehead atoms. The van der Waals surface area contributed by atoms with Crippen LogP contribution in [0.4, 0.5) is 11.4 Å². The van der Waals surface area contributed by atoms with Crippen molar-refractivity contribution in [2.75, 3.05) is 11.5 Å². The predicted molar refractivity (Wildman–Crippen MR) is 144 cm³/mol. The minimum Gasteiger partial charge on any atom is -0.506 e. The van der Waals surface area contributed by atoms with Gasteiger partial charge < -0.3 is 21.7 Å². The van der Waals surface area contributed by atoms with Gasteiger partial charge in [0.1, 0.15) is 11.5 Å². The van der Waals surface area contributed by atoms with Gasteiger partial charge in [0.2, 0.25) is 0 Å². The third-order valence-corrected chi connectivity index (χ3v) is 7.35. The largest absolute Gasteiger partial charge is 0.506 e. The lowest BCUT2D eigenvalue weighted by atomic mass is 9.67. The van der Waals surface area contributed by atoms with Crippen molar-refractivity contribution in [1.29, 1.82) is 0 Å². The molecule has 1 aliphatic carbocycles. The summed E-state index contributed by atoms with van der Waals surface area (Å²) in [5.74, 6) is 0.121. The van der Waals surface area contributed by atoms with Gasteiger partial charge >= 0.3 is 0 Å². The first kappa shape index (κ1) is 22.9. The molecule has 5 rings (SSSR count). The first-order valence-electron chi connectivity index (χ1n) is 12.4. The van der Waals surface area contributed by atoms with Gasteiger partial charge in [0.15, 0.2) is 0 Å². The first-order chi connectivity index (χ1) is 17.0. The number of aromatic hydroxyl groups is 2. The maximum Gasteiger partial charge on any atom is 0.138 e. The van der Waals surface area contributed by atoms with E-state index in [-0.39, 0.29) is 11.5 Å². The maximum absolute atomic E-state index is 10.2. The molecule has 0 atom stereocenters. The summed E-state index contributed by atoms with van der Waals surface area (Å²) in [5.41, 5.74) is 20.3. The van der Waals surface area contributed by atoms with Crippen LogP contribution in [-0.2, 0) is 11.8 Å². The van der Waals surface area contributed by atoms with E-state index in [1.54, 1.807) is 12.1 Å². The van der Waals surface area contributed by atoms with E-state index in [9.17, 15) is 10.2 Å². The van der Waals surface area contributed by atoms with Crippen LogP contribution in [0.2, 0.25) is 0 Å². The molecule has 0 amide bonds. The van der Waals surface area contributed by atoms with Gasteiger partial charge in [-0.1, -0.05) is 80.8 Å². The van der Waals surface area contributed by atoms with Gasteiger partial charge in [-0.05, 0) is 76.1 Å². The van der Waals surface area contributed by atoms with Gasteiger partial charge in [-0.15, -0.1) is 0 Å². The number of nitrogens with two attached hydrogens (primary N) is 2. The topological polar surface area (TPSA) is 92.5 Å². The second-order valence-electron chi connectivity index (χ2n) is 9.53. The van der Waals surface area contributed by atoms with Crippen LogP contribution in [0, 0.1) is 0 Å². The molecular formula is C31H32N2O2. The molecule has 4 heteroatoms. The minimum absolute atomic E-state index is 0.0605. The normalized spacial score (nSPS) is 13.4. The molecule has 0 saturated heterocycles. The lowest BCUT2D eigenvalue weighted by Gasteiger charge is -2.34. The molecule has 0 heterocycles. The Labute approximate surface area is 206 Å². The molecule has 0 aromatic heterocycles. The van der Waals surface area contributed by atoms with Gasteiger partial charge in [0.25, 0.3) is 0 Å². The van der Waals surface area contributed by atoms with Gasteiger partial charge in [-0.25, -0.2) is 0 Å². The van der Waals surface area contributed by atoms with Gasteiger partial charge in [0.05, 0.1) is 16.8 Å². The van der Waals surface area contributed by atoms with Crippen LogP contribution in [0.3, 0.4) is 0 Å². The van der Waals surface area contributed by atoms with Crippen LogP contribution in [-0.4, -0.2) is 10.2 Å². The fourth-order valence-electron chi connectivity index (χ4n) is 5.60. The van der Waals surface area contributed by atoms with Crippen molar-refractivity contribution in [3.05, 3.63) is 107 Å². The molecule has 0 spiro atoms. The Morgan fingerprint density at radius 1 is 0.657 bits per heavy atom. The van der Waals surface area contributed by atoms with Crippen LogP contribution in [0.15, 0.2) is 78.9 Å². The maximum atomic E-state index is 10.2. The highest BCUT2D eigenvalue weighted by Gasteiger charge is 2.46. The SMILES string of the molecule is CCCCCCc1ccc2c(c1)C(c1ccc(O)c(N)c1)(c1ccc(O)c(N)c1)c1ccccc1-2. The molecule has 0 saturated carbocycles. The molecule has 6 N–H and O–H groups in total. The molecule has 0 radical (unpaired) electrons. The molecule has 4 aromatic rings. The van der Waals surface area contributed by atoms with Crippen LogP contribution >= 0.6 is 0 Å². The third-order valence-electron chi connectivity index (χ3n) is 7.35. The molecule has 0 aliphatic heterocycles. The molecule has 0 fully saturated rings. The number of hydrogen-bond acceptors (Lipinski definition) is 4. The Morgan fingerprint density at radius 2 is 1.29 bits per heavy atom. The molecule has 4 aromatic carbocycles.